The van der Waals surface area contributed by atoms with Crippen molar-refractivity contribution in [2.24, 2.45) is 0 Å². The van der Waals surface area contributed by atoms with Crippen molar-refractivity contribution in [3.8, 4) is 11.5 Å². The minimum Gasteiger partial charge on any atom is -0.486 e. The Hall–Kier alpha value is -2.89. The summed E-state index contributed by atoms with van der Waals surface area (Å²) >= 11 is 0. The van der Waals surface area contributed by atoms with E-state index in [0.717, 1.165) is 36.6 Å². The van der Waals surface area contributed by atoms with Crippen molar-refractivity contribution in [2.45, 2.75) is 19.9 Å². The van der Waals surface area contributed by atoms with Crippen molar-refractivity contribution in [1.82, 2.24) is 10.2 Å². The van der Waals surface area contributed by atoms with E-state index < -0.39 is 0 Å². The predicted octanol–water partition coefficient (Wildman–Crippen LogP) is 3.52. The molecule has 2 aromatic carbocycles. The Morgan fingerprint density at radius 2 is 1.82 bits per heavy atom. The van der Waals surface area contributed by atoms with Crippen molar-refractivity contribution in [1.29, 1.82) is 0 Å². The molecule has 0 saturated carbocycles. The highest BCUT2D eigenvalue weighted by atomic mass is 16.6. The van der Waals surface area contributed by atoms with E-state index in [-0.39, 0.29) is 6.03 Å². The van der Waals surface area contributed by atoms with Gasteiger partial charge in [0, 0.05) is 38.9 Å². The number of carbonyl (C=O) groups excluding carboxylic acids is 1. The molecule has 0 atom stereocenters. The lowest BCUT2D eigenvalue weighted by Gasteiger charge is -2.24. The molecule has 0 bridgehead atoms. The Kier molecular flexibility index (Phi) is 7.00. The van der Waals surface area contributed by atoms with Gasteiger partial charge >= 0.3 is 6.03 Å². The van der Waals surface area contributed by atoms with Crippen molar-refractivity contribution < 1.29 is 14.3 Å². The SMILES string of the molecule is CCN(CCCNC(=O)N(C)Cc1ccc2c(c1)OCCO2)c1ccccc1. The van der Waals surface area contributed by atoms with Gasteiger partial charge in [0.15, 0.2) is 11.5 Å². The first-order valence-electron chi connectivity index (χ1n) is 9.85. The van der Waals surface area contributed by atoms with E-state index in [9.17, 15) is 4.79 Å². The van der Waals surface area contributed by atoms with E-state index in [0.29, 0.717) is 26.3 Å². The number of nitrogens with one attached hydrogen (secondary N) is 1. The number of para-hydroxylation sites is 1. The largest absolute Gasteiger partial charge is 0.486 e. The van der Waals surface area contributed by atoms with E-state index in [1.54, 1.807) is 11.9 Å². The zero-order valence-electron chi connectivity index (χ0n) is 16.7. The smallest absolute Gasteiger partial charge is 0.317 e. The highest BCUT2D eigenvalue weighted by Crippen LogP contribution is 2.31. The minimum absolute atomic E-state index is 0.0716. The number of ether oxygens (including phenoxy) is 2. The van der Waals surface area contributed by atoms with Gasteiger partial charge in [-0.25, -0.2) is 4.79 Å². The highest BCUT2D eigenvalue weighted by Gasteiger charge is 2.14. The van der Waals surface area contributed by atoms with E-state index in [1.807, 2.05) is 36.4 Å². The Morgan fingerprint density at radius 3 is 2.57 bits per heavy atom. The minimum atomic E-state index is -0.0716. The summed E-state index contributed by atoms with van der Waals surface area (Å²) in [6, 6.07) is 16.1. The number of amides is 2. The number of urea groups is 1. The van der Waals surface area contributed by atoms with Gasteiger partial charge in [-0.3, -0.25) is 0 Å². The molecule has 1 N–H and O–H groups in total. The number of carbonyl (C=O) groups is 1. The second-order valence-corrected chi connectivity index (χ2v) is 6.83. The molecule has 3 rings (SSSR count). The number of nitrogens with zero attached hydrogens (tertiary/aromatic N) is 2. The first-order valence-corrected chi connectivity index (χ1v) is 9.85. The highest BCUT2D eigenvalue weighted by molar-refractivity contribution is 5.73. The number of benzene rings is 2. The fourth-order valence-corrected chi connectivity index (χ4v) is 3.24. The second-order valence-electron chi connectivity index (χ2n) is 6.83. The van der Waals surface area contributed by atoms with Gasteiger partial charge in [0.2, 0.25) is 0 Å². The molecule has 2 aromatic rings. The van der Waals surface area contributed by atoms with Gasteiger partial charge in [0.25, 0.3) is 0 Å². The van der Waals surface area contributed by atoms with Gasteiger partial charge < -0.3 is 24.6 Å². The van der Waals surface area contributed by atoms with Gasteiger partial charge in [-0.1, -0.05) is 24.3 Å². The molecule has 0 aromatic heterocycles. The number of hydrogen-bond donors (Lipinski definition) is 1. The maximum Gasteiger partial charge on any atom is 0.317 e. The third-order valence-corrected chi connectivity index (χ3v) is 4.76. The molecule has 0 unspecified atom stereocenters. The molecule has 0 aliphatic carbocycles. The van der Waals surface area contributed by atoms with Gasteiger partial charge in [-0.2, -0.15) is 0 Å². The molecule has 150 valence electrons. The van der Waals surface area contributed by atoms with Crippen LogP contribution in [0.3, 0.4) is 0 Å². The number of hydrogen-bond acceptors (Lipinski definition) is 4. The van der Waals surface area contributed by atoms with Crippen LogP contribution in [0.15, 0.2) is 48.5 Å². The summed E-state index contributed by atoms with van der Waals surface area (Å²) in [5.74, 6) is 1.51. The van der Waals surface area contributed by atoms with Gasteiger partial charge in [0.1, 0.15) is 13.2 Å². The van der Waals surface area contributed by atoms with Gasteiger partial charge in [-0.05, 0) is 43.2 Å². The summed E-state index contributed by atoms with van der Waals surface area (Å²) in [6.07, 6.45) is 0.895. The van der Waals surface area contributed by atoms with Crippen molar-refractivity contribution in [2.75, 3.05) is 44.8 Å². The van der Waals surface area contributed by atoms with Crippen LogP contribution in [0.2, 0.25) is 0 Å². The summed E-state index contributed by atoms with van der Waals surface area (Å²) in [6.45, 7) is 6.31. The fraction of sp³-hybridized carbons (Fsp3) is 0.409. The topological polar surface area (TPSA) is 54.0 Å². The molecule has 1 aliphatic heterocycles. The summed E-state index contributed by atoms with van der Waals surface area (Å²) in [5.41, 5.74) is 2.23. The van der Waals surface area contributed by atoms with Gasteiger partial charge in [0.05, 0.1) is 0 Å². The lowest BCUT2D eigenvalue weighted by Crippen LogP contribution is -2.38. The zero-order chi connectivity index (χ0) is 19.8. The number of rotatable bonds is 8. The Morgan fingerprint density at radius 1 is 1.07 bits per heavy atom. The lowest BCUT2D eigenvalue weighted by atomic mass is 10.2. The van der Waals surface area contributed by atoms with E-state index in [2.05, 4.69) is 29.3 Å². The third kappa shape index (κ3) is 5.31. The molecule has 0 saturated heterocycles. The first kappa shape index (κ1) is 19.9. The van der Waals surface area contributed by atoms with Crippen LogP contribution < -0.4 is 19.7 Å². The quantitative estimate of drug-likeness (QED) is 0.709. The van der Waals surface area contributed by atoms with Crippen LogP contribution in [0.5, 0.6) is 11.5 Å². The normalized spacial score (nSPS) is 12.4. The van der Waals surface area contributed by atoms with Crippen molar-refractivity contribution >= 4 is 11.7 Å². The monoisotopic (exact) mass is 383 g/mol. The van der Waals surface area contributed by atoms with Crippen LogP contribution >= 0.6 is 0 Å². The summed E-state index contributed by atoms with van der Waals surface area (Å²) < 4.78 is 11.1. The number of fused-ring (bicyclic) bond motifs is 1. The van der Waals surface area contributed by atoms with Crippen LogP contribution in [0.25, 0.3) is 0 Å². The maximum atomic E-state index is 12.4. The molecule has 6 heteroatoms. The van der Waals surface area contributed by atoms with E-state index in [1.165, 1.54) is 5.69 Å². The fourth-order valence-electron chi connectivity index (χ4n) is 3.24. The molecular formula is C22H29N3O3. The van der Waals surface area contributed by atoms with Crippen LogP contribution in [0, 0.1) is 0 Å². The maximum absolute atomic E-state index is 12.4. The molecule has 6 nitrogen and oxygen atoms in total. The average Bonchev–Trinajstić information content (AvgIpc) is 2.74. The first-order chi connectivity index (χ1) is 13.7. The van der Waals surface area contributed by atoms with Crippen molar-refractivity contribution in [3.05, 3.63) is 54.1 Å². The molecule has 0 radical (unpaired) electrons. The molecular weight excluding hydrogens is 354 g/mol. The van der Waals surface area contributed by atoms with E-state index >= 15 is 0 Å². The lowest BCUT2D eigenvalue weighted by molar-refractivity contribution is 0.171. The summed E-state index contributed by atoms with van der Waals surface area (Å²) in [7, 11) is 1.80. The third-order valence-electron chi connectivity index (χ3n) is 4.76. The van der Waals surface area contributed by atoms with Crippen molar-refractivity contribution in [3.63, 3.8) is 0 Å². The van der Waals surface area contributed by atoms with E-state index in [4.69, 9.17) is 9.47 Å². The molecule has 2 amide bonds. The number of anilines is 1. The Balaban J connectivity index is 1.42. The molecule has 0 spiro atoms. The summed E-state index contributed by atoms with van der Waals surface area (Å²) in [5, 5.41) is 3.00. The van der Waals surface area contributed by atoms with Gasteiger partial charge in [-0.15, -0.1) is 0 Å². The summed E-state index contributed by atoms with van der Waals surface area (Å²) in [4.78, 5) is 16.4. The zero-order valence-corrected chi connectivity index (χ0v) is 16.7. The Labute approximate surface area is 167 Å². The Bertz CT molecular complexity index is 767. The molecule has 1 heterocycles. The molecule has 28 heavy (non-hydrogen) atoms. The van der Waals surface area contributed by atoms with Crippen LogP contribution in [-0.2, 0) is 6.54 Å². The van der Waals surface area contributed by atoms with Crippen LogP contribution in [0.4, 0.5) is 10.5 Å². The van der Waals surface area contributed by atoms with Crippen LogP contribution in [-0.4, -0.2) is 50.8 Å². The molecule has 0 fully saturated rings. The molecule has 1 aliphatic rings. The standard InChI is InChI=1S/C22H29N3O3/c1-3-25(19-8-5-4-6-9-19)13-7-12-23-22(26)24(2)17-18-10-11-20-21(16-18)28-15-14-27-20/h4-6,8-11,16H,3,7,12-15,17H2,1-2H3,(H,23,26). The average molecular weight is 383 g/mol. The predicted molar refractivity (Wildman–Crippen MR) is 111 cm³/mol. The second kappa shape index (κ2) is 9.88. The van der Waals surface area contributed by atoms with Crippen LogP contribution in [0.1, 0.15) is 18.9 Å².